The van der Waals surface area contributed by atoms with Crippen LogP contribution in [0.15, 0.2) is 16.9 Å². The fourth-order valence-corrected chi connectivity index (χ4v) is 2.56. The van der Waals surface area contributed by atoms with E-state index in [1.807, 2.05) is 27.7 Å². The summed E-state index contributed by atoms with van der Waals surface area (Å²) < 4.78 is 5.92. The molecule has 0 spiro atoms. The van der Waals surface area contributed by atoms with Gasteiger partial charge in [-0.25, -0.2) is 5.10 Å². The largest absolute Gasteiger partial charge is 0.366 e. The van der Waals surface area contributed by atoms with E-state index >= 15 is 0 Å². The number of carbonyl (C=O) groups is 1. The highest BCUT2D eigenvalue weighted by Crippen LogP contribution is 2.28. The first kappa shape index (κ1) is 13.7. The molecule has 0 aromatic carbocycles. The van der Waals surface area contributed by atoms with Crippen LogP contribution in [0.1, 0.15) is 38.2 Å². The average molecular weight is 265 g/mol. The van der Waals surface area contributed by atoms with Gasteiger partial charge in [-0.3, -0.25) is 9.59 Å². The number of morpholine rings is 1. The Kier molecular flexibility index (Phi) is 3.22. The zero-order valence-corrected chi connectivity index (χ0v) is 11.7. The molecule has 1 amide bonds. The quantitative estimate of drug-likeness (QED) is 0.815. The van der Waals surface area contributed by atoms with Gasteiger partial charge in [-0.05, 0) is 33.8 Å². The molecule has 0 saturated carbocycles. The van der Waals surface area contributed by atoms with E-state index in [0.717, 1.165) is 0 Å². The number of hydrogen-bond acceptors (Lipinski definition) is 4. The molecule has 19 heavy (non-hydrogen) atoms. The number of nitrogens with one attached hydrogen (secondary N) is 1. The number of amides is 1. The third-order valence-electron chi connectivity index (χ3n) is 2.88. The Morgan fingerprint density at radius 1 is 1.26 bits per heavy atom. The number of carbonyl (C=O) groups excluding carboxylic acids is 1. The minimum Gasteiger partial charge on any atom is -0.366 e. The Hall–Kier alpha value is -1.69. The van der Waals surface area contributed by atoms with Gasteiger partial charge in [0.1, 0.15) is 5.69 Å². The van der Waals surface area contributed by atoms with Crippen molar-refractivity contribution in [2.24, 2.45) is 0 Å². The molecular formula is C13H19N3O3. The van der Waals surface area contributed by atoms with Crippen molar-refractivity contribution in [3.05, 3.63) is 28.2 Å². The van der Waals surface area contributed by atoms with E-state index in [1.54, 1.807) is 4.90 Å². The fraction of sp³-hybridized carbons (Fsp3) is 0.615. The van der Waals surface area contributed by atoms with Crippen molar-refractivity contribution >= 4 is 5.91 Å². The molecule has 0 unspecified atom stereocenters. The molecule has 1 aliphatic heterocycles. The summed E-state index contributed by atoms with van der Waals surface area (Å²) >= 11 is 0. The molecule has 0 atom stereocenters. The molecule has 1 aliphatic rings. The second-order valence-electron chi connectivity index (χ2n) is 6.09. The maximum absolute atomic E-state index is 12.4. The number of aromatic nitrogens is 2. The van der Waals surface area contributed by atoms with Gasteiger partial charge in [0.25, 0.3) is 11.5 Å². The number of H-pyrrole nitrogens is 1. The summed E-state index contributed by atoms with van der Waals surface area (Å²) in [6, 6.07) is 2.74. The van der Waals surface area contributed by atoms with E-state index in [0.29, 0.717) is 13.1 Å². The van der Waals surface area contributed by atoms with E-state index < -0.39 is 11.2 Å². The Balaban J connectivity index is 2.23. The van der Waals surface area contributed by atoms with Crippen molar-refractivity contribution in [2.45, 2.75) is 38.9 Å². The monoisotopic (exact) mass is 265 g/mol. The van der Waals surface area contributed by atoms with Gasteiger partial charge in [-0.15, -0.1) is 0 Å². The van der Waals surface area contributed by atoms with Crippen molar-refractivity contribution in [1.29, 1.82) is 0 Å². The van der Waals surface area contributed by atoms with Gasteiger partial charge in [0, 0.05) is 19.2 Å². The molecule has 1 saturated heterocycles. The lowest BCUT2D eigenvalue weighted by Crippen LogP contribution is -2.58. The maximum atomic E-state index is 12.4. The first-order valence-electron chi connectivity index (χ1n) is 6.24. The smallest absolute Gasteiger partial charge is 0.274 e. The number of hydrogen-bond donors (Lipinski definition) is 1. The summed E-state index contributed by atoms with van der Waals surface area (Å²) in [5, 5.41) is 6.06. The predicted octanol–water partition coefficient (Wildman–Crippen LogP) is 0.799. The van der Waals surface area contributed by atoms with Crippen LogP contribution in [0.2, 0.25) is 0 Å². The third kappa shape index (κ3) is 3.20. The molecule has 1 aromatic rings. The molecular weight excluding hydrogens is 246 g/mol. The van der Waals surface area contributed by atoms with Gasteiger partial charge in [-0.2, -0.15) is 5.10 Å². The zero-order valence-electron chi connectivity index (χ0n) is 11.7. The SMILES string of the molecule is CC1(C)CN(C(=O)c2ccc(=O)[nH]n2)CC(C)(C)O1. The first-order valence-corrected chi connectivity index (χ1v) is 6.24. The summed E-state index contributed by atoms with van der Waals surface area (Å²) in [5.74, 6) is -0.194. The van der Waals surface area contributed by atoms with Crippen molar-refractivity contribution in [3.8, 4) is 0 Å². The zero-order chi connectivity index (χ0) is 14.3. The van der Waals surface area contributed by atoms with Gasteiger partial charge >= 0.3 is 0 Å². The highest BCUT2D eigenvalue weighted by atomic mass is 16.5. The first-order chi connectivity index (χ1) is 8.69. The molecule has 2 rings (SSSR count). The minimum atomic E-state index is -0.403. The summed E-state index contributed by atoms with van der Waals surface area (Å²) in [6.45, 7) is 8.80. The fourth-order valence-electron chi connectivity index (χ4n) is 2.56. The molecule has 6 heteroatoms. The van der Waals surface area contributed by atoms with Crippen LogP contribution in [0.4, 0.5) is 0 Å². The number of nitrogens with zero attached hydrogens (tertiary/aromatic N) is 2. The molecule has 1 fully saturated rings. The molecule has 1 N–H and O–H groups in total. The van der Waals surface area contributed by atoms with Crippen LogP contribution in [-0.4, -0.2) is 45.3 Å². The Morgan fingerprint density at radius 2 is 1.84 bits per heavy atom. The lowest BCUT2D eigenvalue weighted by atomic mass is 9.98. The standard InChI is InChI=1S/C13H19N3O3/c1-12(2)7-16(8-13(3,4)19-12)11(18)9-5-6-10(17)15-14-9/h5-6H,7-8H2,1-4H3,(H,15,17). The maximum Gasteiger partial charge on any atom is 0.274 e. The van der Waals surface area contributed by atoms with Crippen LogP contribution < -0.4 is 5.56 Å². The summed E-state index contributed by atoms with van der Waals surface area (Å²) in [7, 11) is 0. The summed E-state index contributed by atoms with van der Waals surface area (Å²) in [5.41, 5.74) is -0.883. The lowest BCUT2D eigenvalue weighted by molar-refractivity contribution is -0.171. The van der Waals surface area contributed by atoms with E-state index in [2.05, 4.69) is 10.2 Å². The number of ether oxygens (including phenoxy) is 1. The molecule has 104 valence electrons. The van der Waals surface area contributed by atoms with Crippen LogP contribution >= 0.6 is 0 Å². The predicted molar refractivity (Wildman–Crippen MR) is 70.0 cm³/mol. The van der Waals surface area contributed by atoms with E-state index in [1.165, 1.54) is 12.1 Å². The average Bonchev–Trinajstić information content (AvgIpc) is 2.25. The van der Waals surface area contributed by atoms with Gasteiger partial charge in [0.05, 0.1) is 11.2 Å². The van der Waals surface area contributed by atoms with E-state index in [9.17, 15) is 9.59 Å². The molecule has 1 aromatic heterocycles. The van der Waals surface area contributed by atoms with Crippen molar-refractivity contribution in [2.75, 3.05) is 13.1 Å². The van der Waals surface area contributed by atoms with Crippen molar-refractivity contribution in [1.82, 2.24) is 15.1 Å². The van der Waals surface area contributed by atoms with Crippen LogP contribution in [0, 0.1) is 0 Å². The van der Waals surface area contributed by atoms with Crippen LogP contribution in [0.3, 0.4) is 0 Å². The second kappa shape index (κ2) is 4.45. The van der Waals surface area contributed by atoms with Crippen LogP contribution in [-0.2, 0) is 4.74 Å². The molecule has 0 radical (unpaired) electrons. The molecule has 0 bridgehead atoms. The van der Waals surface area contributed by atoms with E-state index in [-0.39, 0.29) is 17.2 Å². The third-order valence-corrected chi connectivity index (χ3v) is 2.88. The Morgan fingerprint density at radius 3 is 2.32 bits per heavy atom. The normalized spacial score (nSPS) is 21.2. The molecule has 6 nitrogen and oxygen atoms in total. The van der Waals surface area contributed by atoms with Crippen LogP contribution in [0.5, 0.6) is 0 Å². The molecule has 2 heterocycles. The Bertz CT molecular complexity index is 512. The molecule has 0 aliphatic carbocycles. The topological polar surface area (TPSA) is 75.3 Å². The highest BCUT2D eigenvalue weighted by Gasteiger charge is 2.40. The van der Waals surface area contributed by atoms with E-state index in [4.69, 9.17) is 4.74 Å². The number of aromatic amines is 1. The van der Waals surface area contributed by atoms with Gasteiger partial charge in [-0.1, -0.05) is 0 Å². The van der Waals surface area contributed by atoms with Crippen molar-refractivity contribution in [3.63, 3.8) is 0 Å². The Labute approximate surface area is 111 Å². The van der Waals surface area contributed by atoms with Crippen molar-refractivity contribution < 1.29 is 9.53 Å². The summed E-state index contributed by atoms with van der Waals surface area (Å²) in [6.07, 6.45) is 0. The lowest BCUT2D eigenvalue weighted by Gasteiger charge is -2.46. The van der Waals surface area contributed by atoms with Gasteiger partial charge in [0.15, 0.2) is 0 Å². The second-order valence-corrected chi connectivity index (χ2v) is 6.09. The highest BCUT2D eigenvalue weighted by molar-refractivity contribution is 5.92. The number of rotatable bonds is 1. The van der Waals surface area contributed by atoms with Gasteiger partial charge in [0.2, 0.25) is 0 Å². The van der Waals surface area contributed by atoms with Crippen LogP contribution in [0.25, 0.3) is 0 Å². The minimum absolute atomic E-state index is 0.194. The summed E-state index contributed by atoms with van der Waals surface area (Å²) in [4.78, 5) is 25.0. The van der Waals surface area contributed by atoms with Gasteiger partial charge < -0.3 is 9.64 Å².